The molecule has 0 bridgehead atoms. The first-order valence-electron chi connectivity index (χ1n) is 6.66. The molecule has 116 valence electrons. The maximum atomic E-state index is 11.7. The van der Waals surface area contributed by atoms with Crippen molar-refractivity contribution in [3.05, 3.63) is 0 Å². The van der Waals surface area contributed by atoms with Crippen LogP contribution in [0.5, 0.6) is 0 Å². The molecule has 20 heavy (non-hydrogen) atoms. The van der Waals surface area contributed by atoms with Crippen LogP contribution in [0.25, 0.3) is 0 Å². The van der Waals surface area contributed by atoms with Crippen molar-refractivity contribution in [2.75, 3.05) is 12.0 Å². The largest absolute Gasteiger partial charge is 0.480 e. The number of sulfone groups is 1. The third kappa shape index (κ3) is 5.77. The molecule has 0 aliphatic heterocycles. The molecule has 0 radical (unpaired) electrons. The van der Waals surface area contributed by atoms with Gasteiger partial charge in [-0.2, -0.15) is 0 Å². The summed E-state index contributed by atoms with van der Waals surface area (Å²) in [6.45, 7) is 1.88. The smallest absolute Gasteiger partial charge is 0.326 e. The Morgan fingerprint density at radius 2 is 1.90 bits per heavy atom. The second-order valence-corrected chi connectivity index (χ2v) is 7.67. The summed E-state index contributed by atoms with van der Waals surface area (Å²) in [5.41, 5.74) is 0. The molecule has 2 unspecified atom stereocenters. The van der Waals surface area contributed by atoms with Gasteiger partial charge in [-0.15, -0.1) is 0 Å². The number of nitrogens with one attached hydrogen (secondary N) is 2. The van der Waals surface area contributed by atoms with E-state index in [1.54, 1.807) is 0 Å². The highest BCUT2D eigenvalue weighted by Crippen LogP contribution is 2.29. The number of rotatable bonds is 7. The molecule has 0 aromatic heterocycles. The molecule has 0 aromatic rings. The zero-order valence-electron chi connectivity index (χ0n) is 11.8. The molecule has 1 saturated carbocycles. The summed E-state index contributed by atoms with van der Waals surface area (Å²) in [4.78, 5) is 22.7. The fourth-order valence-corrected chi connectivity index (χ4v) is 2.72. The highest BCUT2D eigenvalue weighted by molar-refractivity contribution is 7.90. The third-order valence-electron chi connectivity index (χ3n) is 3.60. The topological polar surface area (TPSA) is 113 Å². The summed E-state index contributed by atoms with van der Waals surface area (Å²) in [5, 5.41) is 14.0. The van der Waals surface area contributed by atoms with Crippen molar-refractivity contribution in [2.24, 2.45) is 5.92 Å². The van der Waals surface area contributed by atoms with Crippen molar-refractivity contribution >= 4 is 21.8 Å². The number of hydrogen-bond donors (Lipinski definition) is 3. The average molecular weight is 306 g/mol. The number of hydrogen-bond acceptors (Lipinski definition) is 4. The summed E-state index contributed by atoms with van der Waals surface area (Å²) in [6.07, 6.45) is 4.18. The average Bonchev–Trinajstić information content (AvgIpc) is 2.19. The first kappa shape index (κ1) is 16.7. The van der Waals surface area contributed by atoms with Gasteiger partial charge in [0.1, 0.15) is 15.9 Å². The third-order valence-corrected chi connectivity index (χ3v) is 4.57. The molecule has 2 amide bonds. The molecule has 1 rings (SSSR count). The molecule has 2 atom stereocenters. The SMILES string of the molecule is CC(NC(=O)NC(CCS(C)(=O)=O)C(=O)O)C1CCC1. The second kappa shape index (κ2) is 6.92. The first-order chi connectivity index (χ1) is 9.19. The monoisotopic (exact) mass is 306 g/mol. The maximum Gasteiger partial charge on any atom is 0.326 e. The molecule has 0 spiro atoms. The van der Waals surface area contributed by atoms with Gasteiger partial charge in [0.05, 0.1) is 5.75 Å². The van der Waals surface area contributed by atoms with E-state index in [1.807, 2.05) is 6.92 Å². The van der Waals surface area contributed by atoms with Crippen LogP contribution in [0, 0.1) is 5.92 Å². The molecular formula is C12H22N2O5S. The molecule has 0 saturated heterocycles. The minimum atomic E-state index is -3.25. The van der Waals surface area contributed by atoms with E-state index in [1.165, 1.54) is 0 Å². The summed E-state index contributed by atoms with van der Waals surface area (Å²) in [5.74, 6) is -1.07. The number of carboxylic acids is 1. The van der Waals surface area contributed by atoms with Crippen molar-refractivity contribution < 1.29 is 23.1 Å². The number of carboxylic acid groups (broad SMARTS) is 1. The van der Waals surface area contributed by atoms with Crippen molar-refractivity contribution in [1.29, 1.82) is 0 Å². The predicted octanol–water partition coefficient (Wildman–Crippen LogP) is 0.362. The molecule has 1 aliphatic rings. The first-order valence-corrected chi connectivity index (χ1v) is 8.72. The molecule has 8 heteroatoms. The molecule has 0 aromatic carbocycles. The molecule has 3 N–H and O–H groups in total. The van der Waals surface area contributed by atoms with Crippen LogP contribution in [0.2, 0.25) is 0 Å². The molecule has 0 heterocycles. The number of urea groups is 1. The fourth-order valence-electron chi connectivity index (χ4n) is 2.05. The number of amides is 2. The lowest BCUT2D eigenvalue weighted by atomic mass is 9.80. The van der Waals surface area contributed by atoms with Crippen LogP contribution >= 0.6 is 0 Å². The van der Waals surface area contributed by atoms with E-state index in [9.17, 15) is 18.0 Å². The van der Waals surface area contributed by atoms with Gasteiger partial charge >= 0.3 is 12.0 Å². The Labute approximate surface area is 119 Å². The normalized spacial score (nSPS) is 18.7. The van der Waals surface area contributed by atoms with Crippen molar-refractivity contribution in [3.8, 4) is 0 Å². The molecular weight excluding hydrogens is 284 g/mol. The molecule has 1 aliphatic carbocycles. The summed E-state index contributed by atoms with van der Waals surface area (Å²) in [6, 6.07) is -1.77. The number of carbonyl (C=O) groups is 2. The van der Waals surface area contributed by atoms with Gasteiger partial charge in [-0.25, -0.2) is 18.0 Å². The Balaban J connectivity index is 2.43. The van der Waals surface area contributed by atoms with Gasteiger partial charge < -0.3 is 15.7 Å². The highest BCUT2D eigenvalue weighted by Gasteiger charge is 2.27. The standard InChI is InChI=1S/C12H22N2O5S/c1-8(9-4-3-5-9)13-12(17)14-10(11(15)16)6-7-20(2,18)19/h8-10H,3-7H2,1-2H3,(H,15,16)(H2,13,14,17). The molecule has 7 nitrogen and oxygen atoms in total. The van der Waals surface area contributed by atoms with Gasteiger partial charge in [-0.1, -0.05) is 6.42 Å². The van der Waals surface area contributed by atoms with E-state index >= 15 is 0 Å². The fraction of sp³-hybridized carbons (Fsp3) is 0.833. The Bertz CT molecular complexity index is 458. The predicted molar refractivity (Wildman–Crippen MR) is 74.2 cm³/mol. The van der Waals surface area contributed by atoms with E-state index < -0.39 is 27.9 Å². The lowest BCUT2D eigenvalue weighted by Gasteiger charge is -2.32. The van der Waals surface area contributed by atoms with Crippen LogP contribution in [-0.2, 0) is 14.6 Å². The number of carbonyl (C=O) groups excluding carboxylic acids is 1. The summed E-state index contributed by atoms with van der Waals surface area (Å²) in [7, 11) is -3.25. The second-order valence-electron chi connectivity index (χ2n) is 5.41. The van der Waals surface area contributed by atoms with Gasteiger partial charge in [0, 0.05) is 12.3 Å². The lowest BCUT2D eigenvalue weighted by Crippen LogP contribution is -2.51. The van der Waals surface area contributed by atoms with Crippen LogP contribution in [0.4, 0.5) is 4.79 Å². The number of aliphatic carboxylic acids is 1. The van der Waals surface area contributed by atoms with Crippen molar-refractivity contribution in [1.82, 2.24) is 10.6 Å². The maximum absolute atomic E-state index is 11.7. The minimum absolute atomic E-state index is 0.00639. The minimum Gasteiger partial charge on any atom is -0.480 e. The van der Waals surface area contributed by atoms with Gasteiger partial charge in [0.2, 0.25) is 0 Å². The van der Waals surface area contributed by atoms with E-state index in [2.05, 4.69) is 10.6 Å². The Morgan fingerprint density at radius 3 is 2.30 bits per heavy atom. The molecule has 1 fully saturated rings. The zero-order valence-corrected chi connectivity index (χ0v) is 12.6. The summed E-state index contributed by atoms with van der Waals surface area (Å²) < 4.78 is 22.1. The van der Waals surface area contributed by atoms with Crippen molar-refractivity contribution in [3.63, 3.8) is 0 Å². The van der Waals surface area contributed by atoms with Crippen LogP contribution in [0.3, 0.4) is 0 Å². The van der Waals surface area contributed by atoms with Crippen LogP contribution in [0.1, 0.15) is 32.6 Å². The van der Waals surface area contributed by atoms with Crippen LogP contribution in [0.15, 0.2) is 0 Å². The Morgan fingerprint density at radius 1 is 1.30 bits per heavy atom. The highest BCUT2D eigenvalue weighted by atomic mass is 32.2. The van der Waals surface area contributed by atoms with E-state index in [-0.39, 0.29) is 18.2 Å². The lowest BCUT2D eigenvalue weighted by molar-refractivity contribution is -0.139. The van der Waals surface area contributed by atoms with Gasteiger partial charge in [-0.05, 0) is 32.1 Å². The van der Waals surface area contributed by atoms with Gasteiger partial charge in [0.15, 0.2) is 0 Å². The van der Waals surface area contributed by atoms with E-state index in [0.29, 0.717) is 5.92 Å². The van der Waals surface area contributed by atoms with Gasteiger partial charge in [0.25, 0.3) is 0 Å². The van der Waals surface area contributed by atoms with E-state index in [0.717, 1.165) is 25.5 Å². The quantitative estimate of drug-likeness (QED) is 0.628. The van der Waals surface area contributed by atoms with E-state index in [4.69, 9.17) is 5.11 Å². The van der Waals surface area contributed by atoms with Crippen LogP contribution in [-0.4, -0.2) is 49.6 Å². The van der Waals surface area contributed by atoms with Crippen molar-refractivity contribution in [2.45, 2.75) is 44.7 Å². The van der Waals surface area contributed by atoms with Crippen LogP contribution < -0.4 is 10.6 Å². The zero-order chi connectivity index (χ0) is 15.3. The Hall–Kier alpha value is -1.31. The summed E-state index contributed by atoms with van der Waals surface area (Å²) >= 11 is 0. The van der Waals surface area contributed by atoms with Gasteiger partial charge in [-0.3, -0.25) is 0 Å². The Kier molecular flexibility index (Phi) is 5.79.